The van der Waals surface area contributed by atoms with Crippen LogP contribution in [0, 0.1) is 5.92 Å². The van der Waals surface area contributed by atoms with E-state index in [-0.39, 0.29) is 23.8 Å². The monoisotopic (exact) mass is 522 g/mol. The van der Waals surface area contributed by atoms with Crippen molar-refractivity contribution in [2.45, 2.75) is 38.3 Å². The zero-order valence-electron chi connectivity index (χ0n) is 22.9. The lowest BCUT2D eigenvalue weighted by molar-refractivity contribution is -0.127. The van der Waals surface area contributed by atoms with Gasteiger partial charge >= 0.3 is 0 Å². The van der Waals surface area contributed by atoms with E-state index in [0.717, 1.165) is 49.5 Å². The van der Waals surface area contributed by atoms with Crippen molar-refractivity contribution < 1.29 is 9.53 Å². The van der Waals surface area contributed by atoms with Gasteiger partial charge in [0.15, 0.2) is 0 Å². The maximum absolute atomic E-state index is 13.4. The molecule has 202 valence electrons. The van der Waals surface area contributed by atoms with Gasteiger partial charge in [-0.25, -0.2) is 4.98 Å². The lowest BCUT2D eigenvalue weighted by atomic mass is 9.89. The number of imidazole rings is 1. The number of methoxy groups -OCH3 is 1. The van der Waals surface area contributed by atoms with Crippen LogP contribution in [0.4, 0.5) is 0 Å². The fourth-order valence-corrected chi connectivity index (χ4v) is 5.62. The molecule has 1 aliphatic rings. The van der Waals surface area contributed by atoms with E-state index in [1.807, 2.05) is 31.6 Å². The third-order valence-electron chi connectivity index (χ3n) is 7.78. The van der Waals surface area contributed by atoms with Gasteiger partial charge in [-0.05, 0) is 55.1 Å². The van der Waals surface area contributed by atoms with Gasteiger partial charge in [0.2, 0.25) is 5.91 Å². The summed E-state index contributed by atoms with van der Waals surface area (Å²) in [5, 5.41) is 3.29. The number of nitrogens with zero attached hydrogens (tertiary/aromatic N) is 3. The second-order valence-electron chi connectivity index (χ2n) is 10.5. The second kappa shape index (κ2) is 12.8. The topological polar surface area (TPSA) is 59.4 Å². The van der Waals surface area contributed by atoms with Gasteiger partial charge in [0.25, 0.3) is 0 Å². The highest BCUT2D eigenvalue weighted by Crippen LogP contribution is 2.28. The summed E-state index contributed by atoms with van der Waals surface area (Å²) in [6.45, 7) is 5.43. The van der Waals surface area contributed by atoms with Crippen molar-refractivity contribution in [3.63, 3.8) is 0 Å². The van der Waals surface area contributed by atoms with E-state index in [9.17, 15) is 4.79 Å². The van der Waals surface area contributed by atoms with E-state index in [0.29, 0.717) is 6.54 Å². The van der Waals surface area contributed by atoms with E-state index < -0.39 is 0 Å². The number of piperidine rings is 1. The van der Waals surface area contributed by atoms with Crippen LogP contribution in [0.2, 0.25) is 0 Å². The molecule has 1 fully saturated rings. The number of carbonyl (C=O) groups excluding carboxylic acids is 1. The van der Waals surface area contributed by atoms with Gasteiger partial charge in [-0.15, -0.1) is 0 Å². The van der Waals surface area contributed by atoms with Crippen LogP contribution in [-0.4, -0.2) is 47.1 Å². The third kappa shape index (κ3) is 6.76. The summed E-state index contributed by atoms with van der Waals surface area (Å²) in [6.07, 6.45) is 5.63. The molecule has 5 rings (SSSR count). The van der Waals surface area contributed by atoms with Gasteiger partial charge in [-0.3, -0.25) is 4.79 Å². The van der Waals surface area contributed by atoms with Crippen LogP contribution in [-0.2, 0) is 11.3 Å². The molecule has 39 heavy (non-hydrogen) atoms. The SMILES string of the molecule is COc1ccc(Cn2cncc2[C@H](C)NC(=O)C2CCCN(CC(c3ccccc3)c3ccccc3)C2)cc1. The Morgan fingerprint density at radius 3 is 2.31 bits per heavy atom. The minimum atomic E-state index is -0.130. The summed E-state index contributed by atoms with van der Waals surface area (Å²) < 4.78 is 7.37. The number of likely N-dealkylation sites (tertiary alicyclic amines) is 1. The zero-order valence-corrected chi connectivity index (χ0v) is 22.9. The predicted octanol–water partition coefficient (Wildman–Crippen LogP) is 5.66. The molecule has 0 saturated carbocycles. The summed E-state index contributed by atoms with van der Waals surface area (Å²) >= 11 is 0. The number of amides is 1. The lowest BCUT2D eigenvalue weighted by Gasteiger charge is -2.35. The molecule has 0 spiro atoms. The van der Waals surface area contributed by atoms with Gasteiger partial charge in [0.05, 0.1) is 37.3 Å². The molecular formula is C33H38N4O2. The first kappa shape index (κ1) is 26.7. The first-order valence-electron chi connectivity index (χ1n) is 13.9. The summed E-state index contributed by atoms with van der Waals surface area (Å²) in [5.74, 6) is 1.22. The quantitative estimate of drug-likeness (QED) is 0.292. The number of benzene rings is 3. The fraction of sp³-hybridized carbons (Fsp3) is 0.333. The zero-order chi connectivity index (χ0) is 27.0. The number of hydrogen-bond acceptors (Lipinski definition) is 4. The molecule has 1 aromatic heterocycles. The molecule has 1 saturated heterocycles. The summed E-state index contributed by atoms with van der Waals surface area (Å²) in [7, 11) is 1.67. The number of carbonyl (C=O) groups is 1. The molecule has 0 radical (unpaired) electrons. The summed E-state index contributed by atoms with van der Waals surface area (Å²) in [4.78, 5) is 20.3. The van der Waals surface area contributed by atoms with Crippen LogP contribution < -0.4 is 10.1 Å². The number of nitrogens with one attached hydrogen (secondary N) is 1. The van der Waals surface area contributed by atoms with Crippen LogP contribution >= 0.6 is 0 Å². The molecule has 0 aliphatic carbocycles. The van der Waals surface area contributed by atoms with Gasteiger partial charge in [-0.2, -0.15) is 0 Å². The molecule has 6 heteroatoms. The molecule has 2 atom stereocenters. The molecule has 2 heterocycles. The van der Waals surface area contributed by atoms with Crippen molar-refractivity contribution in [1.82, 2.24) is 19.8 Å². The Hall–Kier alpha value is -3.90. The van der Waals surface area contributed by atoms with Crippen molar-refractivity contribution in [2.24, 2.45) is 5.92 Å². The summed E-state index contributed by atoms with van der Waals surface area (Å²) in [5.41, 5.74) is 4.78. The molecule has 3 aromatic carbocycles. The average Bonchev–Trinajstić information content (AvgIpc) is 3.45. The molecule has 1 amide bonds. The maximum atomic E-state index is 13.4. The number of hydrogen-bond donors (Lipinski definition) is 1. The largest absolute Gasteiger partial charge is 0.497 e. The normalized spacial score (nSPS) is 16.6. The molecule has 1 N–H and O–H groups in total. The van der Waals surface area contributed by atoms with E-state index in [1.54, 1.807) is 7.11 Å². The van der Waals surface area contributed by atoms with E-state index in [4.69, 9.17) is 4.74 Å². The standard InChI is InChI=1S/C33H38N4O2/c1-25(32-20-34-24-37(32)21-26-15-17-30(39-2)18-16-26)35-33(38)29-14-9-19-36(22-29)23-31(27-10-5-3-6-11-27)28-12-7-4-8-13-28/h3-8,10-13,15-18,20,24-25,29,31H,9,14,19,21-23H2,1-2H3,(H,35,38)/t25-,29?/m0/s1. The number of rotatable bonds is 10. The fourth-order valence-electron chi connectivity index (χ4n) is 5.62. The van der Waals surface area contributed by atoms with Crippen molar-refractivity contribution in [1.29, 1.82) is 0 Å². The molecule has 1 unspecified atom stereocenters. The van der Waals surface area contributed by atoms with Crippen molar-refractivity contribution in [3.05, 3.63) is 120 Å². The Morgan fingerprint density at radius 2 is 1.67 bits per heavy atom. The van der Waals surface area contributed by atoms with Crippen LogP contribution in [0.1, 0.15) is 54.1 Å². The Balaban J connectivity index is 1.22. The van der Waals surface area contributed by atoms with Crippen LogP contribution in [0.5, 0.6) is 5.75 Å². The minimum Gasteiger partial charge on any atom is -0.497 e. The van der Waals surface area contributed by atoms with Gasteiger partial charge in [0.1, 0.15) is 5.75 Å². The van der Waals surface area contributed by atoms with E-state index in [2.05, 4.69) is 92.6 Å². The minimum absolute atomic E-state index is 0.0219. The van der Waals surface area contributed by atoms with Crippen molar-refractivity contribution in [3.8, 4) is 5.75 Å². The highest BCUT2D eigenvalue weighted by molar-refractivity contribution is 5.79. The maximum Gasteiger partial charge on any atom is 0.224 e. The lowest BCUT2D eigenvalue weighted by Crippen LogP contribution is -2.45. The molecular weight excluding hydrogens is 484 g/mol. The smallest absolute Gasteiger partial charge is 0.224 e. The first-order valence-corrected chi connectivity index (χ1v) is 13.9. The van der Waals surface area contributed by atoms with Crippen molar-refractivity contribution in [2.75, 3.05) is 26.7 Å². The Morgan fingerprint density at radius 1 is 1.00 bits per heavy atom. The Kier molecular flexibility index (Phi) is 8.74. The van der Waals surface area contributed by atoms with Gasteiger partial charge in [0, 0.05) is 25.6 Å². The van der Waals surface area contributed by atoms with E-state index in [1.165, 1.54) is 11.1 Å². The predicted molar refractivity (Wildman–Crippen MR) is 155 cm³/mol. The average molecular weight is 523 g/mol. The number of ether oxygens (including phenoxy) is 1. The molecule has 0 bridgehead atoms. The van der Waals surface area contributed by atoms with Crippen LogP contribution in [0.3, 0.4) is 0 Å². The van der Waals surface area contributed by atoms with Crippen LogP contribution in [0.15, 0.2) is 97.5 Å². The van der Waals surface area contributed by atoms with Gasteiger partial charge in [-0.1, -0.05) is 72.8 Å². The highest BCUT2D eigenvalue weighted by atomic mass is 16.5. The number of aromatic nitrogens is 2. The Bertz CT molecular complexity index is 1280. The molecule has 1 aliphatic heterocycles. The van der Waals surface area contributed by atoms with Crippen molar-refractivity contribution >= 4 is 5.91 Å². The first-order chi connectivity index (χ1) is 19.1. The molecule has 6 nitrogen and oxygen atoms in total. The Labute approximate surface area is 231 Å². The molecule has 4 aromatic rings. The van der Waals surface area contributed by atoms with E-state index >= 15 is 0 Å². The highest BCUT2D eigenvalue weighted by Gasteiger charge is 2.29. The third-order valence-corrected chi connectivity index (χ3v) is 7.78. The van der Waals surface area contributed by atoms with Gasteiger partial charge < -0.3 is 19.5 Å². The van der Waals surface area contributed by atoms with Crippen LogP contribution in [0.25, 0.3) is 0 Å². The second-order valence-corrected chi connectivity index (χ2v) is 10.5. The summed E-state index contributed by atoms with van der Waals surface area (Å²) in [6, 6.07) is 29.3.